The van der Waals surface area contributed by atoms with Crippen molar-refractivity contribution in [1.82, 2.24) is 4.98 Å². The summed E-state index contributed by atoms with van der Waals surface area (Å²) in [5.41, 5.74) is 1.11. The van der Waals surface area contributed by atoms with Crippen molar-refractivity contribution in [3.05, 3.63) is 90.8 Å². The molecule has 0 unspecified atom stereocenters. The van der Waals surface area contributed by atoms with Crippen molar-refractivity contribution in [2.75, 3.05) is 0 Å². The van der Waals surface area contributed by atoms with Crippen LogP contribution in [-0.4, -0.2) is 13.3 Å². The zero-order valence-corrected chi connectivity index (χ0v) is 16.1. The highest BCUT2D eigenvalue weighted by atomic mass is 28.4. The van der Waals surface area contributed by atoms with Crippen molar-refractivity contribution in [3.63, 3.8) is 0 Å². The molecule has 0 saturated carbocycles. The molecule has 128 valence electrons. The number of pyridine rings is 1. The van der Waals surface area contributed by atoms with Crippen LogP contribution in [0.15, 0.2) is 85.2 Å². The molecule has 2 nitrogen and oxygen atoms in total. The third kappa shape index (κ3) is 3.58. The summed E-state index contributed by atoms with van der Waals surface area (Å²) in [6.07, 6.45) is 3.68. The molecular weight excluding hydrogens is 322 g/mol. The monoisotopic (exact) mass is 347 g/mol. The molecule has 0 radical (unpaired) electrons. The second-order valence-corrected chi connectivity index (χ2v) is 11.6. The average molecular weight is 348 g/mol. The Labute approximate surface area is 151 Å². The molecule has 0 N–H and O–H groups in total. The summed E-state index contributed by atoms with van der Waals surface area (Å²) >= 11 is 0. The molecule has 3 heteroatoms. The van der Waals surface area contributed by atoms with Gasteiger partial charge in [0.25, 0.3) is 8.32 Å². The van der Waals surface area contributed by atoms with Crippen LogP contribution >= 0.6 is 0 Å². The van der Waals surface area contributed by atoms with Gasteiger partial charge in [-0.2, -0.15) is 0 Å². The van der Waals surface area contributed by atoms with Crippen LogP contribution in [-0.2, 0) is 11.0 Å². The normalized spacial score (nSPS) is 12.1. The van der Waals surface area contributed by atoms with Gasteiger partial charge in [-0.3, -0.25) is 4.98 Å². The van der Waals surface area contributed by atoms with Gasteiger partial charge in [-0.15, -0.1) is 0 Å². The summed E-state index contributed by atoms with van der Waals surface area (Å²) in [5, 5.41) is 2.60. The Hall–Kier alpha value is -2.23. The lowest BCUT2D eigenvalue weighted by molar-refractivity contribution is 0.286. The molecule has 1 heterocycles. The number of hydrogen-bond acceptors (Lipinski definition) is 2. The predicted octanol–water partition coefficient (Wildman–Crippen LogP) is 4.16. The van der Waals surface area contributed by atoms with E-state index < -0.39 is 8.32 Å². The van der Waals surface area contributed by atoms with Gasteiger partial charge in [0.05, 0.1) is 6.61 Å². The fourth-order valence-corrected chi connectivity index (χ4v) is 7.98. The smallest absolute Gasteiger partial charge is 0.261 e. The highest BCUT2D eigenvalue weighted by Crippen LogP contribution is 2.37. The molecule has 0 aliphatic rings. The first-order valence-electron chi connectivity index (χ1n) is 8.68. The first-order chi connectivity index (χ1) is 12.0. The zero-order chi connectivity index (χ0) is 17.8. The summed E-state index contributed by atoms with van der Waals surface area (Å²) < 4.78 is 6.85. The number of benzene rings is 2. The molecule has 0 aliphatic heterocycles. The SMILES string of the molecule is CC(C)(C)[Si](OCc1cccnc1)(c1ccccc1)c1ccccc1. The zero-order valence-electron chi connectivity index (χ0n) is 15.1. The van der Waals surface area contributed by atoms with Gasteiger partial charge >= 0.3 is 0 Å². The topological polar surface area (TPSA) is 22.1 Å². The van der Waals surface area contributed by atoms with Gasteiger partial charge < -0.3 is 4.43 Å². The van der Waals surface area contributed by atoms with E-state index in [2.05, 4.69) is 92.5 Å². The standard InChI is InChI=1S/C22H25NOSi/c1-22(2,3)25(20-12-6-4-7-13-20,21-14-8-5-9-15-21)24-18-19-11-10-16-23-17-19/h4-17H,18H2,1-3H3. The fraction of sp³-hybridized carbons (Fsp3) is 0.227. The summed E-state index contributed by atoms with van der Waals surface area (Å²) in [6, 6.07) is 25.5. The van der Waals surface area contributed by atoms with E-state index in [1.54, 1.807) is 6.20 Å². The van der Waals surface area contributed by atoms with Crippen molar-refractivity contribution in [1.29, 1.82) is 0 Å². The molecule has 0 fully saturated rings. The van der Waals surface area contributed by atoms with Crippen molar-refractivity contribution >= 4 is 18.7 Å². The van der Waals surface area contributed by atoms with Gasteiger partial charge in [0, 0.05) is 12.4 Å². The lowest BCUT2D eigenvalue weighted by Gasteiger charge is -2.43. The Morgan fingerprint density at radius 2 is 1.36 bits per heavy atom. The van der Waals surface area contributed by atoms with Crippen LogP contribution < -0.4 is 10.4 Å². The van der Waals surface area contributed by atoms with Crippen LogP contribution in [0, 0.1) is 0 Å². The molecule has 0 saturated heterocycles. The predicted molar refractivity (Wildman–Crippen MR) is 107 cm³/mol. The first-order valence-corrected chi connectivity index (χ1v) is 10.6. The lowest BCUT2D eigenvalue weighted by Crippen LogP contribution is -2.66. The summed E-state index contributed by atoms with van der Waals surface area (Å²) in [6.45, 7) is 7.45. The van der Waals surface area contributed by atoms with Gasteiger partial charge in [-0.25, -0.2) is 0 Å². The summed E-state index contributed by atoms with van der Waals surface area (Å²) in [7, 11) is -2.46. The van der Waals surface area contributed by atoms with Gasteiger partial charge in [0.1, 0.15) is 0 Å². The molecule has 3 aromatic rings. The molecule has 1 aromatic heterocycles. The van der Waals surface area contributed by atoms with E-state index in [4.69, 9.17) is 4.43 Å². The molecule has 2 aromatic carbocycles. The lowest BCUT2D eigenvalue weighted by atomic mass is 10.2. The molecule has 0 aliphatic carbocycles. The second kappa shape index (κ2) is 7.34. The minimum absolute atomic E-state index is 0.00207. The van der Waals surface area contributed by atoms with Crippen molar-refractivity contribution < 1.29 is 4.43 Å². The van der Waals surface area contributed by atoms with Gasteiger partial charge in [0.15, 0.2) is 0 Å². The average Bonchev–Trinajstić information content (AvgIpc) is 2.64. The highest BCUT2D eigenvalue weighted by Gasteiger charge is 2.50. The maximum absolute atomic E-state index is 6.85. The Bertz CT molecular complexity index is 743. The summed E-state index contributed by atoms with van der Waals surface area (Å²) in [5.74, 6) is 0. The van der Waals surface area contributed by atoms with Crippen LogP contribution in [0.3, 0.4) is 0 Å². The quantitative estimate of drug-likeness (QED) is 0.647. The number of rotatable bonds is 5. The number of aromatic nitrogens is 1. The van der Waals surface area contributed by atoms with Crippen LogP contribution in [0.1, 0.15) is 26.3 Å². The van der Waals surface area contributed by atoms with Gasteiger partial charge in [-0.05, 0) is 27.0 Å². The van der Waals surface area contributed by atoms with Gasteiger partial charge in [-0.1, -0.05) is 87.5 Å². The maximum atomic E-state index is 6.85. The minimum atomic E-state index is -2.46. The largest absolute Gasteiger partial charge is 0.403 e. The molecule has 0 bridgehead atoms. The van der Waals surface area contributed by atoms with Gasteiger partial charge in [0.2, 0.25) is 0 Å². The van der Waals surface area contributed by atoms with Crippen molar-refractivity contribution in [2.45, 2.75) is 32.4 Å². The highest BCUT2D eigenvalue weighted by molar-refractivity contribution is 6.99. The van der Waals surface area contributed by atoms with Crippen molar-refractivity contribution in [2.24, 2.45) is 0 Å². The first kappa shape index (κ1) is 17.6. The molecule has 0 amide bonds. The molecule has 3 rings (SSSR count). The van der Waals surface area contributed by atoms with E-state index in [0.29, 0.717) is 6.61 Å². The number of nitrogens with zero attached hydrogens (tertiary/aromatic N) is 1. The number of hydrogen-bond donors (Lipinski definition) is 0. The van der Waals surface area contributed by atoms with E-state index >= 15 is 0 Å². The van der Waals surface area contributed by atoms with E-state index in [1.165, 1.54) is 10.4 Å². The minimum Gasteiger partial charge on any atom is -0.403 e. The fourth-order valence-electron chi connectivity index (χ4n) is 3.44. The summed E-state index contributed by atoms with van der Waals surface area (Å²) in [4.78, 5) is 4.23. The Balaban J connectivity index is 2.12. The maximum Gasteiger partial charge on any atom is 0.261 e. The Morgan fingerprint density at radius 3 is 1.80 bits per heavy atom. The van der Waals surface area contributed by atoms with Crippen LogP contribution in [0.4, 0.5) is 0 Å². The van der Waals surface area contributed by atoms with Crippen molar-refractivity contribution in [3.8, 4) is 0 Å². The van der Waals surface area contributed by atoms with Crippen LogP contribution in [0.25, 0.3) is 0 Å². The van der Waals surface area contributed by atoms with Crippen LogP contribution in [0.2, 0.25) is 5.04 Å². The molecular formula is C22H25NOSi. The Kier molecular flexibility index (Phi) is 5.16. The van der Waals surface area contributed by atoms with E-state index in [0.717, 1.165) is 5.56 Å². The third-order valence-corrected chi connectivity index (χ3v) is 9.58. The third-order valence-electron chi connectivity index (χ3n) is 4.59. The van der Waals surface area contributed by atoms with E-state index in [-0.39, 0.29) is 5.04 Å². The van der Waals surface area contributed by atoms with E-state index in [1.807, 2.05) is 12.3 Å². The molecule has 0 spiro atoms. The van der Waals surface area contributed by atoms with Crippen LogP contribution in [0.5, 0.6) is 0 Å². The second-order valence-electron chi connectivity index (χ2n) is 7.31. The molecule has 25 heavy (non-hydrogen) atoms. The van der Waals surface area contributed by atoms with E-state index in [9.17, 15) is 0 Å². The molecule has 0 atom stereocenters. The Morgan fingerprint density at radius 1 is 0.800 bits per heavy atom.